The molecule has 0 amide bonds. The minimum atomic E-state index is -2.68. The molecule has 4 nitrogen and oxygen atoms in total. The molecule has 1 rings (SSSR count). The molecule has 6 heteroatoms. The Balaban J connectivity index is 3.16. The lowest BCUT2D eigenvalue weighted by atomic mass is 10.0. The van der Waals surface area contributed by atoms with E-state index in [0.29, 0.717) is 5.56 Å². The number of hydrogen-bond acceptors (Lipinski definition) is 4. The van der Waals surface area contributed by atoms with Gasteiger partial charge in [-0.3, -0.25) is 9.78 Å². The Morgan fingerprint density at radius 2 is 2.25 bits per heavy atom. The highest BCUT2D eigenvalue weighted by atomic mass is 19.3. The Labute approximate surface area is 91.4 Å². The van der Waals surface area contributed by atoms with Crippen molar-refractivity contribution in [1.29, 1.82) is 0 Å². The summed E-state index contributed by atoms with van der Waals surface area (Å²) in [6, 6.07) is 0. The second-order valence-electron chi connectivity index (χ2n) is 3.26. The van der Waals surface area contributed by atoms with E-state index in [1.165, 1.54) is 14.0 Å². The molecule has 1 aromatic heterocycles. The number of ether oxygens (including phenoxy) is 1. The van der Waals surface area contributed by atoms with E-state index in [2.05, 4.69) is 9.72 Å². The summed E-state index contributed by atoms with van der Waals surface area (Å²) in [7, 11) is 1.23. The normalized spacial score (nSPS) is 10.6. The van der Waals surface area contributed by atoms with Gasteiger partial charge < -0.3 is 10.5 Å². The lowest BCUT2D eigenvalue weighted by Crippen LogP contribution is -2.11. The average molecular weight is 230 g/mol. The Morgan fingerprint density at radius 3 is 2.75 bits per heavy atom. The van der Waals surface area contributed by atoms with Crippen molar-refractivity contribution in [2.24, 2.45) is 0 Å². The number of nitrogen functional groups attached to an aromatic ring is 1. The average Bonchev–Trinajstić information content (AvgIpc) is 2.23. The van der Waals surface area contributed by atoms with Crippen LogP contribution >= 0.6 is 0 Å². The number of alkyl halides is 2. The summed E-state index contributed by atoms with van der Waals surface area (Å²) in [5.41, 5.74) is 6.02. The first-order chi connectivity index (χ1) is 7.47. The number of anilines is 1. The zero-order valence-corrected chi connectivity index (χ0v) is 8.96. The van der Waals surface area contributed by atoms with Crippen LogP contribution in [0.25, 0.3) is 0 Å². The third-order valence-corrected chi connectivity index (χ3v) is 2.28. The van der Waals surface area contributed by atoms with Gasteiger partial charge in [-0.2, -0.15) is 0 Å². The molecule has 0 aliphatic heterocycles. The molecule has 0 bridgehead atoms. The second-order valence-corrected chi connectivity index (χ2v) is 3.26. The second kappa shape index (κ2) is 4.87. The van der Waals surface area contributed by atoms with Crippen LogP contribution in [0.5, 0.6) is 0 Å². The maximum Gasteiger partial charge on any atom is 0.310 e. The number of nitrogens with two attached hydrogens (primary N) is 1. The highest BCUT2D eigenvalue weighted by Crippen LogP contribution is 2.26. The molecule has 0 aliphatic rings. The molecular weight excluding hydrogens is 218 g/mol. The maximum atomic E-state index is 12.5. The van der Waals surface area contributed by atoms with Crippen LogP contribution in [0.3, 0.4) is 0 Å². The van der Waals surface area contributed by atoms with Gasteiger partial charge in [0.1, 0.15) is 5.69 Å². The zero-order chi connectivity index (χ0) is 12.3. The predicted molar refractivity (Wildman–Crippen MR) is 54.1 cm³/mol. The first-order valence-corrected chi connectivity index (χ1v) is 4.56. The molecule has 0 radical (unpaired) electrons. The van der Waals surface area contributed by atoms with Gasteiger partial charge in [-0.25, -0.2) is 8.78 Å². The summed E-state index contributed by atoms with van der Waals surface area (Å²) >= 11 is 0. The minimum absolute atomic E-state index is 0.129. The third-order valence-electron chi connectivity index (χ3n) is 2.28. The topological polar surface area (TPSA) is 65.2 Å². The zero-order valence-electron chi connectivity index (χ0n) is 8.96. The summed E-state index contributed by atoms with van der Waals surface area (Å²) in [6.45, 7) is 1.46. The summed E-state index contributed by atoms with van der Waals surface area (Å²) in [6.07, 6.45) is -1.68. The van der Waals surface area contributed by atoms with Crippen LogP contribution in [-0.4, -0.2) is 18.1 Å². The smallest absolute Gasteiger partial charge is 0.310 e. The van der Waals surface area contributed by atoms with E-state index in [1.54, 1.807) is 0 Å². The van der Waals surface area contributed by atoms with E-state index >= 15 is 0 Å². The quantitative estimate of drug-likeness (QED) is 0.801. The molecule has 16 heavy (non-hydrogen) atoms. The lowest BCUT2D eigenvalue weighted by molar-refractivity contribution is -0.139. The highest BCUT2D eigenvalue weighted by molar-refractivity contribution is 5.75. The minimum Gasteiger partial charge on any atom is -0.469 e. The summed E-state index contributed by atoms with van der Waals surface area (Å²) in [4.78, 5) is 14.6. The molecule has 1 heterocycles. The highest BCUT2D eigenvalue weighted by Gasteiger charge is 2.18. The van der Waals surface area contributed by atoms with Crippen molar-refractivity contribution in [3.8, 4) is 0 Å². The number of rotatable bonds is 3. The molecule has 0 spiro atoms. The largest absolute Gasteiger partial charge is 0.469 e. The Hall–Kier alpha value is -1.72. The van der Waals surface area contributed by atoms with E-state index in [9.17, 15) is 13.6 Å². The first kappa shape index (κ1) is 12.4. The van der Waals surface area contributed by atoms with Gasteiger partial charge in [0.25, 0.3) is 6.43 Å². The summed E-state index contributed by atoms with van der Waals surface area (Å²) in [5.74, 6) is -0.527. The number of halogens is 2. The molecule has 0 unspecified atom stereocenters. The van der Waals surface area contributed by atoms with E-state index in [0.717, 1.165) is 6.20 Å². The van der Waals surface area contributed by atoms with Crippen molar-refractivity contribution in [3.63, 3.8) is 0 Å². The molecule has 2 N–H and O–H groups in total. The predicted octanol–water partition coefficient (Wildman–Crippen LogP) is 1.63. The van der Waals surface area contributed by atoms with Crippen LogP contribution in [-0.2, 0) is 16.0 Å². The van der Waals surface area contributed by atoms with Crippen LogP contribution < -0.4 is 5.73 Å². The van der Waals surface area contributed by atoms with Crippen LogP contribution in [0, 0.1) is 6.92 Å². The van der Waals surface area contributed by atoms with Crippen molar-refractivity contribution in [1.82, 2.24) is 4.98 Å². The van der Waals surface area contributed by atoms with Crippen LogP contribution in [0.15, 0.2) is 6.20 Å². The number of esters is 1. The molecule has 0 aromatic carbocycles. The third kappa shape index (κ3) is 2.44. The molecule has 0 atom stereocenters. The van der Waals surface area contributed by atoms with Gasteiger partial charge in [0.2, 0.25) is 0 Å². The molecule has 0 saturated carbocycles. The van der Waals surface area contributed by atoms with Crippen LogP contribution in [0.1, 0.15) is 23.2 Å². The van der Waals surface area contributed by atoms with E-state index in [1.807, 2.05) is 0 Å². The lowest BCUT2D eigenvalue weighted by Gasteiger charge is -2.11. The molecule has 88 valence electrons. The molecule has 0 fully saturated rings. The molecule has 1 aromatic rings. The number of hydrogen-bond donors (Lipinski definition) is 1. The van der Waals surface area contributed by atoms with Crippen molar-refractivity contribution >= 4 is 11.7 Å². The van der Waals surface area contributed by atoms with Gasteiger partial charge in [-0.05, 0) is 18.1 Å². The Kier molecular flexibility index (Phi) is 3.76. The Morgan fingerprint density at radius 1 is 1.62 bits per heavy atom. The van der Waals surface area contributed by atoms with Crippen molar-refractivity contribution in [3.05, 3.63) is 23.0 Å². The number of carbonyl (C=O) groups excluding carboxylic acids is 1. The monoisotopic (exact) mass is 230 g/mol. The number of methoxy groups -OCH3 is 1. The SMILES string of the molecule is COC(=O)Cc1c(N)cnc(C(F)F)c1C. The standard InChI is InChI=1S/C10H12F2N2O2/c1-5-6(3-8(15)16-2)7(13)4-14-9(5)10(11)12/h4,10H,3,13H2,1-2H3. The van der Waals surface area contributed by atoms with Gasteiger partial charge in [0.05, 0.1) is 25.4 Å². The fraction of sp³-hybridized carbons (Fsp3) is 0.400. The van der Waals surface area contributed by atoms with Crippen LogP contribution in [0.4, 0.5) is 14.5 Å². The fourth-order valence-corrected chi connectivity index (χ4v) is 1.36. The maximum absolute atomic E-state index is 12.5. The molecular formula is C10H12F2N2O2. The van der Waals surface area contributed by atoms with Gasteiger partial charge in [0.15, 0.2) is 0 Å². The van der Waals surface area contributed by atoms with E-state index in [4.69, 9.17) is 5.73 Å². The first-order valence-electron chi connectivity index (χ1n) is 4.56. The number of carbonyl (C=O) groups is 1. The summed E-state index contributed by atoms with van der Waals surface area (Å²) < 4.78 is 29.5. The number of aromatic nitrogens is 1. The Bertz CT molecular complexity index is 408. The van der Waals surface area contributed by atoms with Crippen molar-refractivity contribution in [2.75, 3.05) is 12.8 Å². The summed E-state index contributed by atoms with van der Waals surface area (Å²) in [5, 5.41) is 0. The molecule has 0 aliphatic carbocycles. The van der Waals surface area contributed by atoms with Gasteiger partial charge in [-0.15, -0.1) is 0 Å². The van der Waals surface area contributed by atoms with Crippen molar-refractivity contribution in [2.45, 2.75) is 19.8 Å². The van der Waals surface area contributed by atoms with Gasteiger partial charge in [0, 0.05) is 0 Å². The number of nitrogens with zero attached hydrogens (tertiary/aromatic N) is 1. The van der Waals surface area contributed by atoms with Gasteiger partial charge >= 0.3 is 5.97 Å². The van der Waals surface area contributed by atoms with Crippen LogP contribution in [0.2, 0.25) is 0 Å². The van der Waals surface area contributed by atoms with E-state index in [-0.39, 0.29) is 23.4 Å². The molecule has 0 saturated heterocycles. The van der Waals surface area contributed by atoms with E-state index < -0.39 is 12.4 Å². The van der Waals surface area contributed by atoms with Crippen molar-refractivity contribution < 1.29 is 18.3 Å². The van der Waals surface area contributed by atoms with Gasteiger partial charge in [-0.1, -0.05) is 0 Å². The number of pyridine rings is 1. The fourth-order valence-electron chi connectivity index (χ4n) is 1.36.